The number of anilines is 1. The Morgan fingerprint density at radius 1 is 1.15 bits per heavy atom. The van der Waals surface area contributed by atoms with Crippen LogP contribution in [0.5, 0.6) is 0 Å². The summed E-state index contributed by atoms with van der Waals surface area (Å²) in [6.07, 6.45) is -2.74. The summed E-state index contributed by atoms with van der Waals surface area (Å²) in [4.78, 5) is 14.3. The van der Waals surface area contributed by atoms with Crippen LogP contribution in [0.15, 0.2) is 53.4 Å². The number of carbonyl (C=O) groups is 1. The normalized spacial score (nSPS) is 16.6. The Bertz CT molecular complexity index is 892. The van der Waals surface area contributed by atoms with Crippen molar-refractivity contribution in [2.75, 3.05) is 5.73 Å². The highest BCUT2D eigenvalue weighted by atomic mass is 32.2. The fourth-order valence-electron chi connectivity index (χ4n) is 2.41. The summed E-state index contributed by atoms with van der Waals surface area (Å²) in [6, 6.07) is 11.9. The zero-order valence-corrected chi connectivity index (χ0v) is 14.9. The van der Waals surface area contributed by atoms with Gasteiger partial charge in [-0.2, -0.15) is 13.2 Å². The van der Waals surface area contributed by atoms with E-state index in [0.717, 1.165) is 29.5 Å². The second kappa shape index (κ2) is 7.13. The SMILES string of the molecule is Nc1ccc(/C=C2\SC(=S)N(Cc3cccc(C(F)(F)F)c3)C2=O)cc1. The van der Waals surface area contributed by atoms with Crippen LogP contribution in [0.1, 0.15) is 16.7 Å². The smallest absolute Gasteiger partial charge is 0.399 e. The summed E-state index contributed by atoms with van der Waals surface area (Å²) in [7, 11) is 0. The van der Waals surface area contributed by atoms with Crippen molar-refractivity contribution in [3.05, 3.63) is 70.1 Å². The summed E-state index contributed by atoms with van der Waals surface area (Å²) in [5, 5.41) is 0. The zero-order valence-electron chi connectivity index (χ0n) is 13.3. The molecule has 1 aliphatic heterocycles. The lowest BCUT2D eigenvalue weighted by Gasteiger charge is -2.15. The van der Waals surface area contributed by atoms with Crippen LogP contribution in [0.4, 0.5) is 18.9 Å². The second-order valence-electron chi connectivity index (χ2n) is 5.63. The zero-order chi connectivity index (χ0) is 18.9. The monoisotopic (exact) mass is 394 g/mol. The molecule has 3 nitrogen and oxygen atoms in total. The van der Waals surface area contributed by atoms with Gasteiger partial charge in [0.25, 0.3) is 5.91 Å². The maximum atomic E-state index is 12.8. The van der Waals surface area contributed by atoms with E-state index in [0.29, 0.717) is 20.5 Å². The van der Waals surface area contributed by atoms with Crippen molar-refractivity contribution in [1.82, 2.24) is 4.90 Å². The first kappa shape index (κ1) is 18.5. The molecule has 2 aromatic carbocycles. The van der Waals surface area contributed by atoms with E-state index in [9.17, 15) is 18.0 Å². The first-order chi connectivity index (χ1) is 12.2. The van der Waals surface area contributed by atoms with Gasteiger partial charge in [-0.05, 0) is 41.5 Å². The van der Waals surface area contributed by atoms with E-state index in [1.165, 1.54) is 17.0 Å². The lowest BCUT2D eigenvalue weighted by molar-refractivity contribution is -0.137. The molecule has 2 N–H and O–H groups in total. The van der Waals surface area contributed by atoms with Crippen LogP contribution in [-0.2, 0) is 17.5 Å². The van der Waals surface area contributed by atoms with Crippen LogP contribution in [0.25, 0.3) is 6.08 Å². The predicted molar refractivity (Wildman–Crippen MR) is 101 cm³/mol. The molecule has 1 amide bonds. The van der Waals surface area contributed by atoms with Gasteiger partial charge in [0.2, 0.25) is 0 Å². The second-order valence-corrected chi connectivity index (χ2v) is 7.31. The van der Waals surface area contributed by atoms with Crippen molar-refractivity contribution in [2.45, 2.75) is 12.7 Å². The van der Waals surface area contributed by atoms with Gasteiger partial charge >= 0.3 is 6.18 Å². The summed E-state index contributed by atoms with van der Waals surface area (Å²) >= 11 is 6.35. The minimum atomic E-state index is -4.43. The number of nitrogens with two attached hydrogens (primary N) is 1. The number of carbonyl (C=O) groups excluding carboxylic acids is 1. The molecule has 2 aromatic rings. The highest BCUT2D eigenvalue weighted by Crippen LogP contribution is 2.35. The number of nitrogens with zero attached hydrogens (tertiary/aromatic N) is 1. The van der Waals surface area contributed by atoms with Crippen LogP contribution < -0.4 is 5.73 Å². The van der Waals surface area contributed by atoms with Crippen molar-refractivity contribution >= 4 is 46.0 Å². The summed E-state index contributed by atoms with van der Waals surface area (Å²) in [5.41, 5.74) is 6.65. The van der Waals surface area contributed by atoms with E-state index >= 15 is 0 Å². The Kier molecular flexibility index (Phi) is 5.06. The van der Waals surface area contributed by atoms with Gasteiger partial charge in [0.05, 0.1) is 17.0 Å². The molecule has 0 bridgehead atoms. The molecule has 1 saturated heterocycles. The Balaban J connectivity index is 1.81. The average molecular weight is 394 g/mol. The fourth-order valence-corrected chi connectivity index (χ4v) is 3.66. The van der Waals surface area contributed by atoms with Gasteiger partial charge in [0.15, 0.2) is 0 Å². The molecule has 8 heteroatoms. The standard InChI is InChI=1S/C18H13F3N2OS2/c19-18(20,21)13-3-1-2-12(8-13)10-23-16(24)15(26-17(23)25)9-11-4-6-14(22)7-5-11/h1-9H,10,22H2/b15-9-. The molecule has 1 heterocycles. The molecule has 0 radical (unpaired) electrons. The molecule has 1 fully saturated rings. The molecule has 26 heavy (non-hydrogen) atoms. The highest BCUT2D eigenvalue weighted by Gasteiger charge is 2.33. The molecule has 0 aliphatic carbocycles. The Morgan fingerprint density at radius 2 is 1.85 bits per heavy atom. The molecule has 0 spiro atoms. The summed E-state index contributed by atoms with van der Waals surface area (Å²) in [6.45, 7) is -0.00629. The number of amides is 1. The minimum absolute atomic E-state index is 0.00629. The maximum Gasteiger partial charge on any atom is 0.416 e. The average Bonchev–Trinajstić information content (AvgIpc) is 2.84. The van der Waals surface area contributed by atoms with Gasteiger partial charge in [-0.15, -0.1) is 0 Å². The van der Waals surface area contributed by atoms with Crippen LogP contribution in [0.3, 0.4) is 0 Å². The van der Waals surface area contributed by atoms with Gasteiger partial charge in [-0.1, -0.05) is 48.2 Å². The minimum Gasteiger partial charge on any atom is -0.399 e. The van der Waals surface area contributed by atoms with Gasteiger partial charge in [0.1, 0.15) is 4.32 Å². The third kappa shape index (κ3) is 4.08. The number of nitrogen functional groups attached to an aromatic ring is 1. The number of thioether (sulfide) groups is 1. The van der Waals surface area contributed by atoms with Crippen molar-refractivity contribution in [3.8, 4) is 0 Å². The highest BCUT2D eigenvalue weighted by molar-refractivity contribution is 8.26. The van der Waals surface area contributed by atoms with E-state index in [4.69, 9.17) is 18.0 Å². The van der Waals surface area contributed by atoms with Crippen molar-refractivity contribution in [2.24, 2.45) is 0 Å². The Labute approximate surface area is 157 Å². The first-order valence-electron chi connectivity index (χ1n) is 7.51. The first-order valence-corrected chi connectivity index (χ1v) is 8.73. The topological polar surface area (TPSA) is 46.3 Å². The van der Waals surface area contributed by atoms with Crippen LogP contribution >= 0.6 is 24.0 Å². The fraction of sp³-hybridized carbons (Fsp3) is 0.111. The molecule has 1 aliphatic rings. The molecule has 0 aromatic heterocycles. The lowest BCUT2D eigenvalue weighted by Crippen LogP contribution is -2.27. The van der Waals surface area contributed by atoms with Crippen molar-refractivity contribution in [1.29, 1.82) is 0 Å². The molecular weight excluding hydrogens is 381 g/mol. The van der Waals surface area contributed by atoms with E-state index in [1.807, 2.05) is 0 Å². The van der Waals surface area contributed by atoms with E-state index < -0.39 is 11.7 Å². The van der Waals surface area contributed by atoms with E-state index in [2.05, 4.69) is 0 Å². The summed E-state index contributed by atoms with van der Waals surface area (Å²) in [5.74, 6) is -0.325. The lowest BCUT2D eigenvalue weighted by atomic mass is 10.1. The molecular formula is C18H13F3N2OS2. The van der Waals surface area contributed by atoms with Crippen molar-refractivity contribution < 1.29 is 18.0 Å². The summed E-state index contributed by atoms with van der Waals surface area (Å²) < 4.78 is 38.8. The number of thiocarbonyl (C=S) groups is 1. The van der Waals surface area contributed by atoms with Gasteiger partial charge < -0.3 is 5.73 Å². The quantitative estimate of drug-likeness (QED) is 0.466. The third-order valence-corrected chi connectivity index (χ3v) is 5.08. The molecule has 0 saturated carbocycles. The number of halogens is 3. The Hall–Kier alpha value is -2.32. The van der Waals surface area contributed by atoms with E-state index in [1.54, 1.807) is 30.3 Å². The number of benzene rings is 2. The van der Waals surface area contributed by atoms with Gasteiger partial charge in [-0.3, -0.25) is 9.69 Å². The predicted octanol–water partition coefficient (Wildman–Crippen LogP) is 4.69. The molecule has 134 valence electrons. The molecule has 3 rings (SSSR count). The van der Waals surface area contributed by atoms with Gasteiger partial charge in [0, 0.05) is 5.69 Å². The maximum absolute atomic E-state index is 12.8. The van der Waals surface area contributed by atoms with Gasteiger partial charge in [-0.25, -0.2) is 0 Å². The third-order valence-electron chi connectivity index (χ3n) is 3.70. The molecule has 0 atom stereocenters. The van der Waals surface area contributed by atoms with Crippen LogP contribution in [0.2, 0.25) is 0 Å². The number of rotatable bonds is 3. The van der Waals surface area contributed by atoms with Crippen LogP contribution in [0, 0.1) is 0 Å². The largest absolute Gasteiger partial charge is 0.416 e. The van der Waals surface area contributed by atoms with Crippen LogP contribution in [-0.4, -0.2) is 15.1 Å². The number of hydrogen-bond acceptors (Lipinski definition) is 4. The number of hydrogen-bond donors (Lipinski definition) is 1. The Morgan fingerprint density at radius 3 is 2.50 bits per heavy atom. The molecule has 0 unspecified atom stereocenters. The number of alkyl halides is 3. The van der Waals surface area contributed by atoms with Crippen molar-refractivity contribution in [3.63, 3.8) is 0 Å². The van der Waals surface area contributed by atoms with E-state index in [-0.39, 0.29) is 12.5 Å².